The number of carbonyl (C=O) groups excluding carboxylic acids is 1. The van der Waals surface area contributed by atoms with Crippen molar-refractivity contribution < 1.29 is 42.8 Å². The number of benzene rings is 2. The average molecular weight is 701 g/mol. The Balaban J connectivity index is 1.45. The molecule has 2 aromatic heterocycles. The van der Waals surface area contributed by atoms with Crippen molar-refractivity contribution in [3.8, 4) is 11.6 Å². The van der Waals surface area contributed by atoms with Gasteiger partial charge in [-0.3, -0.25) is 13.9 Å². The van der Waals surface area contributed by atoms with Crippen molar-refractivity contribution in [1.82, 2.24) is 24.6 Å². The van der Waals surface area contributed by atoms with Crippen LogP contribution in [-0.2, 0) is 23.4 Å². The Morgan fingerprint density at radius 1 is 1.18 bits per heavy atom. The molecule has 1 unspecified atom stereocenters. The molecule has 0 aliphatic carbocycles. The summed E-state index contributed by atoms with van der Waals surface area (Å²) in [6.45, 7) is 10.6. The molecule has 5 N–H and O–H groups in total. The molecule has 3 heterocycles. The molecule has 16 heteroatoms. The number of fused-ring (bicyclic) bond motifs is 2. The molecule has 0 spiro atoms. The van der Waals surface area contributed by atoms with Crippen LogP contribution in [0.2, 0.25) is 0 Å². The molecular formula is C33H45N6O9P. The van der Waals surface area contributed by atoms with Crippen molar-refractivity contribution in [1.29, 1.82) is 0 Å². The summed E-state index contributed by atoms with van der Waals surface area (Å²) in [4.78, 5) is 25.9. The number of aromatic nitrogens is 4. The molecule has 49 heavy (non-hydrogen) atoms. The Labute approximate surface area is 284 Å². The highest BCUT2D eigenvalue weighted by molar-refractivity contribution is 7.52. The number of rotatable bonds is 13. The molecule has 0 radical (unpaired) electrons. The van der Waals surface area contributed by atoms with Gasteiger partial charge >= 0.3 is 13.7 Å². The van der Waals surface area contributed by atoms with Gasteiger partial charge in [0.05, 0.1) is 26.7 Å². The van der Waals surface area contributed by atoms with Crippen molar-refractivity contribution >= 4 is 41.6 Å². The van der Waals surface area contributed by atoms with Gasteiger partial charge in [-0.25, -0.2) is 9.55 Å². The van der Waals surface area contributed by atoms with E-state index in [4.69, 9.17) is 29.0 Å². The van der Waals surface area contributed by atoms with Gasteiger partial charge in [0.25, 0.3) is 0 Å². The van der Waals surface area contributed by atoms with Crippen molar-refractivity contribution in [3.63, 3.8) is 0 Å². The Kier molecular flexibility index (Phi) is 10.5. The molecular weight excluding hydrogens is 655 g/mol. The topological polar surface area (TPSA) is 202 Å². The molecule has 1 saturated heterocycles. The summed E-state index contributed by atoms with van der Waals surface area (Å²) in [5.41, 5.74) is 4.12. The second-order valence-electron chi connectivity index (χ2n) is 14.0. The Morgan fingerprint density at radius 3 is 2.59 bits per heavy atom. The molecule has 4 aromatic rings. The molecule has 5 rings (SSSR count). The quantitative estimate of drug-likeness (QED) is 0.113. The minimum atomic E-state index is -4.43. The van der Waals surface area contributed by atoms with E-state index >= 15 is 0 Å². The highest BCUT2D eigenvalue weighted by atomic mass is 31.2. The third-order valence-corrected chi connectivity index (χ3v) is 9.49. The SMILES string of the molecule is COc1nc(N)nc2c1ncn2[C@@H]1O[C@H](COP(=O)(N[C@@H](CC(C)C)C(=O)OCC(C)(C)C)Oc2cccc3ccccc23)[C@@H](O)[C@@]1(C)O. The molecule has 15 nitrogen and oxygen atoms in total. The van der Waals surface area contributed by atoms with E-state index < -0.39 is 50.4 Å². The Morgan fingerprint density at radius 2 is 1.90 bits per heavy atom. The maximum absolute atomic E-state index is 14.7. The highest BCUT2D eigenvalue weighted by Gasteiger charge is 2.54. The van der Waals surface area contributed by atoms with Crippen molar-refractivity contribution in [2.75, 3.05) is 26.1 Å². The number of nitrogens with one attached hydrogen (secondary N) is 1. The average Bonchev–Trinajstić information content (AvgIpc) is 3.54. The summed E-state index contributed by atoms with van der Waals surface area (Å²) >= 11 is 0. The first kappa shape index (κ1) is 36.4. The number of ether oxygens (including phenoxy) is 3. The summed E-state index contributed by atoms with van der Waals surface area (Å²) in [5.74, 6) is -0.345. The van der Waals surface area contributed by atoms with Crippen LogP contribution in [0.1, 0.15) is 54.2 Å². The number of imidazole rings is 1. The number of nitrogen functional groups attached to an aromatic ring is 1. The summed E-state index contributed by atoms with van der Waals surface area (Å²) in [5, 5.41) is 27.1. The van der Waals surface area contributed by atoms with Crippen LogP contribution in [0.4, 0.5) is 5.95 Å². The van der Waals surface area contributed by atoms with E-state index in [0.29, 0.717) is 5.39 Å². The van der Waals surface area contributed by atoms with Crippen LogP contribution in [-0.4, -0.2) is 79.9 Å². The smallest absolute Gasteiger partial charge is 0.459 e. The van der Waals surface area contributed by atoms with E-state index in [1.54, 1.807) is 12.1 Å². The second kappa shape index (κ2) is 14.2. The monoisotopic (exact) mass is 700 g/mol. The van der Waals surface area contributed by atoms with Gasteiger partial charge in [-0.05, 0) is 36.1 Å². The van der Waals surface area contributed by atoms with Gasteiger partial charge in [0.15, 0.2) is 17.4 Å². The lowest BCUT2D eigenvalue weighted by Crippen LogP contribution is -2.44. The van der Waals surface area contributed by atoms with E-state index in [1.807, 2.05) is 65.0 Å². The molecule has 2 aromatic carbocycles. The Bertz CT molecular complexity index is 1840. The fourth-order valence-electron chi connectivity index (χ4n) is 5.52. The zero-order valence-electron chi connectivity index (χ0n) is 28.7. The number of nitrogens with two attached hydrogens (primary N) is 1. The number of carbonyl (C=O) groups is 1. The predicted molar refractivity (Wildman–Crippen MR) is 182 cm³/mol. The summed E-state index contributed by atoms with van der Waals surface area (Å²) in [6.07, 6.45) is -2.37. The molecule has 0 bridgehead atoms. The second-order valence-corrected chi connectivity index (χ2v) is 15.6. The van der Waals surface area contributed by atoms with Crippen molar-refractivity contribution in [2.45, 2.75) is 78.0 Å². The molecule has 1 fully saturated rings. The number of aliphatic hydroxyl groups excluding tert-OH is 1. The summed E-state index contributed by atoms with van der Waals surface area (Å²) < 4.78 is 45.2. The minimum absolute atomic E-state index is 0.00279. The fourth-order valence-corrected chi connectivity index (χ4v) is 7.05. The number of methoxy groups -OCH3 is 1. The van der Waals surface area contributed by atoms with Gasteiger partial charge < -0.3 is 34.7 Å². The fraction of sp³-hybridized carbons (Fsp3) is 0.515. The number of anilines is 1. The molecule has 1 aliphatic rings. The lowest BCUT2D eigenvalue weighted by molar-refractivity contribution is -0.149. The summed E-state index contributed by atoms with van der Waals surface area (Å²) in [6, 6.07) is 11.6. The molecule has 1 aliphatic heterocycles. The minimum Gasteiger partial charge on any atom is -0.479 e. The van der Waals surface area contributed by atoms with Crippen LogP contribution < -0.4 is 20.1 Å². The van der Waals surface area contributed by atoms with Gasteiger partial charge in [0.1, 0.15) is 29.6 Å². The molecule has 0 amide bonds. The van der Waals surface area contributed by atoms with Gasteiger partial charge in [0.2, 0.25) is 11.8 Å². The van der Waals surface area contributed by atoms with Gasteiger partial charge in [-0.1, -0.05) is 71.0 Å². The standard InChI is InChI=1S/C33H45N6O9P/c1-19(2)15-22(29(41)45-17-32(3,4)5)38-49(43,48-23-14-10-12-20-11-8-9-13-21(20)23)46-16-24-26(40)33(6,42)30(47-24)39-18-35-25-27(39)36-31(34)37-28(25)44-7/h8-14,18-19,22,24,26,30,40,42H,15-17H2,1-7H3,(H,38,43)(H2,34,36,37)/t22-,24+,26+,30+,33+,49?/m0/s1. The van der Waals surface area contributed by atoms with Gasteiger partial charge in [-0.15, -0.1) is 0 Å². The van der Waals surface area contributed by atoms with E-state index in [0.717, 1.165) is 5.39 Å². The van der Waals surface area contributed by atoms with Crippen LogP contribution in [0.25, 0.3) is 21.9 Å². The molecule has 6 atom stereocenters. The van der Waals surface area contributed by atoms with E-state index in [2.05, 4.69) is 20.0 Å². The Hall–Kier alpha value is -3.85. The number of esters is 1. The van der Waals surface area contributed by atoms with E-state index in [1.165, 1.54) is 24.9 Å². The third-order valence-electron chi connectivity index (χ3n) is 7.94. The molecule has 0 saturated carbocycles. The third kappa shape index (κ3) is 8.14. The van der Waals surface area contributed by atoms with E-state index in [9.17, 15) is 19.6 Å². The molecule has 266 valence electrons. The number of hydrogen-bond acceptors (Lipinski definition) is 13. The van der Waals surface area contributed by atoms with Crippen LogP contribution in [0.5, 0.6) is 11.6 Å². The zero-order valence-corrected chi connectivity index (χ0v) is 29.6. The maximum Gasteiger partial charge on any atom is 0.459 e. The van der Waals surface area contributed by atoms with Crippen LogP contribution in [0, 0.1) is 11.3 Å². The van der Waals surface area contributed by atoms with Crippen LogP contribution in [0.15, 0.2) is 48.8 Å². The van der Waals surface area contributed by atoms with Crippen molar-refractivity contribution in [2.24, 2.45) is 11.3 Å². The van der Waals surface area contributed by atoms with Crippen LogP contribution in [0.3, 0.4) is 0 Å². The lowest BCUT2D eigenvalue weighted by atomic mass is 9.96. The van der Waals surface area contributed by atoms with Gasteiger partial charge in [0, 0.05) is 5.39 Å². The highest BCUT2D eigenvalue weighted by Crippen LogP contribution is 2.49. The maximum atomic E-state index is 14.7. The van der Waals surface area contributed by atoms with E-state index in [-0.39, 0.29) is 53.1 Å². The number of aliphatic hydroxyl groups is 2. The predicted octanol–water partition coefficient (Wildman–Crippen LogP) is 4.38. The van der Waals surface area contributed by atoms with Crippen LogP contribution >= 0.6 is 7.75 Å². The summed E-state index contributed by atoms with van der Waals surface area (Å²) in [7, 11) is -3.02. The zero-order chi connectivity index (χ0) is 35.7. The first-order chi connectivity index (χ1) is 23.0. The first-order valence-corrected chi connectivity index (χ1v) is 17.5. The number of nitrogens with zero attached hydrogens (tertiary/aromatic N) is 4. The van der Waals surface area contributed by atoms with Gasteiger partial charge in [-0.2, -0.15) is 15.1 Å². The lowest BCUT2D eigenvalue weighted by Gasteiger charge is -2.28. The first-order valence-electron chi connectivity index (χ1n) is 16.0. The van der Waals surface area contributed by atoms with Crippen molar-refractivity contribution in [3.05, 3.63) is 48.8 Å². The largest absolute Gasteiger partial charge is 0.479 e. The normalized spacial score (nSPS) is 23.1. The number of hydrogen-bond donors (Lipinski definition) is 4.